The van der Waals surface area contributed by atoms with Crippen molar-refractivity contribution in [3.63, 3.8) is 0 Å². The van der Waals surface area contributed by atoms with Crippen molar-refractivity contribution in [2.45, 2.75) is 138 Å². The second-order valence-electron chi connectivity index (χ2n) is 17.3. The number of allylic oxidation sites excluding steroid dienone is 3. The Morgan fingerprint density at radius 1 is 1.00 bits per heavy atom. The van der Waals surface area contributed by atoms with Gasteiger partial charge in [0.1, 0.15) is 0 Å². The van der Waals surface area contributed by atoms with Gasteiger partial charge in [0, 0.05) is 5.54 Å². The summed E-state index contributed by atoms with van der Waals surface area (Å²) in [7, 11) is 1.51. The summed E-state index contributed by atoms with van der Waals surface area (Å²) in [5, 5.41) is 0. The van der Waals surface area contributed by atoms with E-state index in [1.807, 2.05) is 13.8 Å². The molecule has 4 saturated carbocycles. The summed E-state index contributed by atoms with van der Waals surface area (Å²) in [4.78, 5) is 12.2. The normalized spacial score (nSPS) is 45.9. The predicted molar refractivity (Wildman–Crippen MR) is 167 cm³/mol. The van der Waals surface area contributed by atoms with Crippen LogP contribution in [0.2, 0.25) is 0 Å². The SMILES string of the molecule is C=C(C)C1CCC2(N)CCC3(C)C(CCC4C5(C)CC=C(CCCC(C)(C)C(=O)OC)C(C)(C)C5CCC43C)C12. The molecule has 0 amide bonds. The lowest BCUT2D eigenvalue weighted by atomic mass is 9.33. The van der Waals surface area contributed by atoms with Gasteiger partial charge in [0.25, 0.3) is 0 Å². The van der Waals surface area contributed by atoms with Crippen LogP contribution in [0, 0.1) is 56.7 Å². The zero-order valence-corrected chi connectivity index (χ0v) is 27.6. The zero-order chi connectivity index (χ0) is 29.5. The minimum Gasteiger partial charge on any atom is -0.469 e. The maximum Gasteiger partial charge on any atom is 0.311 e. The largest absolute Gasteiger partial charge is 0.469 e. The minimum atomic E-state index is -0.410. The van der Waals surface area contributed by atoms with Crippen molar-refractivity contribution in [3.05, 3.63) is 23.8 Å². The molecule has 2 N–H and O–H groups in total. The first-order chi connectivity index (χ1) is 18.5. The number of carbonyl (C=O) groups excluding carboxylic acids is 1. The Hall–Kier alpha value is -1.09. The molecule has 9 atom stereocenters. The van der Waals surface area contributed by atoms with Crippen molar-refractivity contribution in [1.82, 2.24) is 0 Å². The van der Waals surface area contributed by atoms with Gasteiger partial charge in [0.2, 0.25) is 0 Å². The maximum atomic E-state index is 12.2. The van der Waals surface area contributed by atoms with Crippen molar-refractivity contribution in [2.75, 3.05) is 7.11 Å². The highest BCUT2D eigenvalue weighted by atomic mass is 16.5. The van der Waals surface area contributed by atoms with E-state index < -0.39 is 5.41 Å². The molecule has 5 rings (SSSR count). The van der Waals surface area contributed by atoms with Crippen LogP contribution in [0.5, 0.6) is 0 Å². The fourth-order valence-electron chi connectivity index (χ4n) is 12.4. The molecule has 0 aromatic rings. The van der Waals surface area contributed by atoms with E-state index in [4.69, 9.17) is 10.5 Å². The van der Waals surface area contributed by atoms with Gasteiger partial charge in [-0.25, -0.2) is 0 Å². The first-order valence-corrected chi connectivity index (χ1v) is 16.7. The summed E-state index contributed by atoms with van der Waals surface area (Å²) >= 11 is 0. The van der Waals surface area contributed by atoms with Crippen molar-refractivity contribution in [2.24, 2.45) is 62.4 Å². The Kier molecular flexibility index (Phi) is 7.38. The third-order valence-corrected chi connectivity index (χ3v) is 14.9. The molecule has 0 heterocycles. The van der Waals surface area contributed by atoms with Crippen LogP contribution in [0.15, 0.2) is 23.8 Å². The summed E-state index contributed by atoms with van der Waals surface area (Å²) in [6.07, 6.45) is 17.3. The average Bonchev–Trinajstić information content (AvgIpc) is 3.23. The van der Waals surface area contributed by atoms with E-state index in [0.717, 1.165) is 37.0 Å². The van der Waals surface area contributed by atoms with Crippen molar-refractivity contribution < 1.29 is 9.53 Å². The number of rotatable bonds is 6. The third kappa shape index (κ3) is 4.16. The van der Waals surface area contributed by atoms with E-state index in [-0.39, 0.29) is 16.9 Å². The predicted octanol–water partition coefficient (Wildman–Crippen LogP) is 9.26. The Morgan fingerprint density at radius 2 is 1.70 bits per heavy atom. The molecule has 0 bridgehead atoms. The van der Waals surface area contributed by atoms with E-state index in [1.54, 1.807) is 5.57 Å². The molecule has 0 saturated heterocycles. The molecule has 3 nitrogen and oxygen atoms in total. The Bertz CT molecular complexity index is 1070. The zero-order valence-electron chi connectivity index (χ0n) is 27.6. The topological polar surface area (TPSA) is 52.3 Å². The molecule has 0 aromatic heterocycles. The number of nitrogens with two attached hydrogens (primary N) is 1. The number of fused-ring (bicyclic) bond motifs is 7. The fourth-order valence-corrected chi connectivity index (χ4v) is 12.4. The number of ether oxygens (including phenoxy) is 1. The smallest absolute Gasteiger partial charge is 0.311 e. The van der Waals surface area contributed by atoms with Crippen LogP contribution in [0.3, 0.4) is 0 Å². The first kappa shape index (κ1) is 30.4. The van der Waals surface area contributed by atoms with Crippen molar-refractivity contribution in [3.8, 4) is 0 Å². The van der Waals surface area contributed by atoms with Gasteiger partial charge in [-0.3, -0.25) is 4.79 Å². The van der Waals surface area contributed by atoms with E-state index in [1.165, 1.54) is 70.5 Å². The maximum absolute atomic E-state index is 12.2. The van der Waals surface area contributed by atoms with Crippen LogP contribution in [0.4, 0.5) is 0 Å². The summed E-state index contributed by atoms with van der Waals surface area (Å²) in [5.41, 5.74) is 11.2. The first-order valence-electron chi connectivity index (χ1n) is 16.7. The molecule has 9 unspecified atom stereocenters. The highest BCUT2D eigenvalue weighted by Crippen LogP contribution is 2.76. The quantitative estimate of drug-likeness (QED) is 0.264. The summed E-state index contributed by atoms with van der Waals surface area (Å²) in [6, 6.07) is 0. The van der Waals surface area contributed by atoms with Crippen LogP contribution >= 0.6 is 0 Å². The van der Waals surface area contributed by atoms with Crippen LogP contribution in [-0.2, 0) is 9.53 Å². The molecular weight excluding hydrogens is 490 g/mol. The monoisotopic (exact) mass is 551 g/mol. The Morgan fingerprint density at radius 3 is 2.35 bits per heavy atom. The summed E-state index contributed by atoms with van der Waals surface area (Å²) in [5.74, 6) is 3.37. The Balaban J connectivity index is 1.40. The molecule has 0 spiro atoms. The number of esters is 1. The van der Waals surface area contributed by atoms with E-state index in [0.29, 0.717) is 28.1 Å². The second kappa shape index (κ2) is 9.72. The number of hydrogen-bond donors (Lipinski definition) is 1. The van der Waals surface area contributed by atoms with Gasteiger partial charge in [0.05, 0.1) is 12.5 Å². The van der Waals surface area contributed by atoms with Crippen LogP contribution in [0.25, 0.3) is 0 Å². The molecule has 5 aliphatic rings. The van der Waals surface area contributed by atoms with Crippen LogP contribution < -0.4 is 5.73 Å². The molecule has 5 aliphatic carbocycles. The van der Waals surface area contributed by atoms with Gasteiger partial charge in [0.15, 0.2) is 0 Å². The minimum absolute atomic E-state index is 0.0327. The van der Waals surface area contributed by atoms with E-state index in [2.05, 4.69) is 54.2 Å². The highest BCUT2D eigenvalue weighted by molar-refractivity contribution is 5.75. The molecule has 0 aromatic carbocycles. The van der Waals surface area contributed by atoms with Gasteiger partial charge in [-0.15, -0.1) is 0 Å². The number of carbonyl (C=O) groups is 1. The lowest BCUT2D eigenvalue weighted by Crippen LogP contribution is -2.67. The van der Waals surface area contributed by atoms with Gasteiger partial charge in [-0.05, 0) is 149 Å². The Labute approximate surface area is 246 Å². The summed E-state index contributed by atoms with van der Waals surface area (Å²) in [6.45, 7) is 24.0. The van der Waals surface area contributed by atoms with Crippen LogP contribution in [0.1, 0.15) is 132 Å². The van der Waals surface area contributed by atoms with E-state index >= 15 is 0 Å². The third-order valence-electron chi connectivity index (χ3n) is 14.9. The van der Waals surface area contributed by atoms with Gasteiger partial charge < -0.3 is 10.5 Å². The van der Waals surface area contributed by atoms with Crippen molar-refractivity contribution in [1.29, 1.82) is 0 Å². The lowest BCUT2D eigenvalue weighted by Gasteiger charge is -2.72. The average molecular weight is 552 g/mol. The number of methoxy groups -OCH3 is 1. The highest BCUT2D eigenvalue weighted by Gasteiger charge is 2.69. The molecule has 0 aliphatic heterocycles. The van der Waals surface area contributed by atoms with Gasteiger partial charge in [-0.2, -0.15) is 0 Å². The van der Waals surface area contributed by atoms with E-state index in [9.17, 15) is 4.79 Å². The lowest BCUT2D eigenvalue weighted by molar-refractivity contribution is -0.219. The fraction of sp³-hybridized carbons (Fsp3) is 0.865. The molecule has 3 heteroatoms. The van der Waals surface area contributed by atoms with Gasteiger partial charge >= 0.3 is 5.97 Å². The second-order valence-corrected chi connectivity index (χ2v) is 17.3. The number of hydrogen-bond acceptors (Lipinski definition) is 3. The molecule has 4 fully saturated rings. The summed E-state index contributed by atoms with van der Waals surface area (Å²) < 4.78 is 5.07. The molecular formula is C37H61NO2. The van der Waals surface area contributed by atoms with Gasteiger partial charge in [-0.1, -0.05) is 58.4 Å². The molecule has 40 heavy (non-hydrogen) atoms. The standard InChI is InChI=1S/C37H61NO2/c1-24(2)26-16-21-37(38)23-22-35(8)27(30(26)37)13-14-29-34(7)19-15-25(12-11-18-32(3,4)31(39)40-10)33(5,6)28(34)17-20-36(29,35)9/h15,26-30H,1,11-14,16-23,38H2,2-10H3. The van der Waals surface area contributed by atoms with Crippen molar-refractivity contribution >= 4 is 5.97 Å². The molecule has 0 radical (unpaired) electrons. The molecule has 226 valence electrons. The van der Waals surface area contributed by atoms with Crippen LogP contribution in [-0.4, -0.2) is 18.6 Å².